The van der Waals surface area contributed by atoms with Crippen LogP contribution in [0.3, 0.4) is 0 Å². The molecule has 1 unspecified atom stereocenters. The minimum Gasteiger partial charge on any atom is -0.467 e. The summed E-state index contributed by atoms with van der Waals surface area (Å²) in [6, 6.07) is 3.67. The molecule has 1 atom stereocenters. The number of aryl methyl sites for hydroxylation is 1. The molecule has 0 spiro atoms. The van der Waals surface area contributed by atoms with Gasteiger partial charge in [0, 0.05) is 6.54 Å². The molecule has 1 aliphatic rings. The molecule has 0 radical (unpaired) electrons. The Bertz CT molecular complexity index is 450. The average Bonchev–Trinajstić information content (AvgIpc) is 2.41. The van der Waals surface area contributed by atoms with Crippen LogP contribution in [0.15, 0.2) is 12.1 Å². The van der Waals surface area contributed by atoms with E-state index < -0.39 is 6.10 Å². The Balaban J connectivity index is 2.13. The summed E-state index contributed by atoms with van der Waals surface area (Å²) in [4.78, 5) is 17.9. The third kappa shape index (κ3) is 2.53. The van der Waals surface area contributed by atoms with Crippen LogP contribution in [0.2, 0.25) is 0 Å². The zero-order valence-electron chi connectivity index (χ0n) is 10.5. The van der Waals surface area contributed by atoms with Crippen LogP contribution in [0, 0.1) is 6.92 Å². The van der Waals surface area contributed by atoms with Crippen molar-refractivity contribution in [1.29, 1.82) is 0 Å². The maximum atomic E-state index is 11.5. The monoisotopic (exact) mass is 251 g/mol. The fourth-order valence-corrected chi connectivity index (χ4v) is 1.87. The van der Waals surface area contributed by atoms with Crippen LogP contribution < -0.4 is 10.6 Å². The highest BCUT2D eigenvalue weighted by molar-refractivity contribution is 5.75. The van der Waals surface area contributed by atoms with Crippen LogP contribution in [-0.2, 0) is 14.3 Å². The Hall–Kier alpha value is -1.82. The number of morpholine rings is 1. The predicted molar refractivity (Wildman–Crippen MR) is 67.4 cm³/mol. The van der Waals surface area contributed by atoms with Gasteiger partial charge in [0.2, 0.25) is 0 Å². The van der Waals surface area contributed by atoms with Gasteiger partial charge in [0.15, 0.2) is 6.10 Å². The van der Waals surface area contributed by atoms with Gasteiger partial charge in [-0.2, -0.15) is 0 Å². The second-order valence-electron chi connectivity index (χ2n) is 4.17. The summed E-state index contributed by atoms with van der Waals surface area (Å²) >= 11 is 0. The first-order valence-electron chi connectivity index (χ1n) is 5.79. The molecule has 0 aliphatic carbocycles. The molecular formula is C12H17N3O3. The van der Waals surface area contributed by atoms with Crippen LogP contribution in [0.5, 0.6) is 0 Å². The van der Waals surface area contributed by atoms with Gasteiger partial charge in [0.05, 0.1) is 31.6 Å². The van der Waals surface area contributed by atoms with Crippen molar-refractivity contribution in [1.82, 2.24) is 4.98 Å². The number of methoxy groups -OCH3 is 1. The highest BCUT2D eigenvalue weighted by Gasteiger charge is 2.28. The second-order valence-corrected chi connectivity index (χ2v) is 4.17. The van der Waals surface area contributed by atoms with Gasteiger partial charge in [-0.05, 0) is 19.1 Å². The number of nitrogens with zero attached hydrogens (tertiary/aromatic N) is 2. The lowest BCUT2D eigenvalue weighted by Gasteiger charge is -2.32. The second kappa shape index (κ2) is 5.22. The van der Waals surface area contributed by atoms with Crippen molar-refractivity contribution >= 4 is 17.5 Å². The molecule has 0 amide bonds. The maximum absolute atomic E-state index is 11.5. The summed E-state index contributed by atoms with van der Waals surface area (Å²) in [5, 5.41) is 0. The van der Waals surface area contributed by atoms with Gasteiger partial charge in [-0.25, -0.2) is 9.78 Å². The largest absolute Gasteiger partial charge is 0.467 e. The summed E-state index contributed by atoms with van der Waals surface area (Å²) in [5.74, 6) is 0.450. The summed E-state index contributed by atoms with van der Waals surface area (Å²) in [6.45, 7) is 3.48. The summed E-state index contributed by atoms with van der Waals surface area (Å²) in [6.07, 6.45) is -0.552. The van der Waals surface area contributed by atoms with E-state index in [1.807, 2.05) is 24.0 Å². The van der Waals surface area contributed by atoms with Crippen LogP contribution in [0.25, 0.3) is 0 Å². The first kappa shape index (κ1) is 12.6. The van der Waals surface area contributed by atoms with Crippen LogP contribution >= 0.6 is 0 Å². The van der Waals surface area contributed by atoms with Crippen molar-refractivity contribution in [3.05, 3.63) is 17.8 Å². The zero-order valence-corrected chi connectivity index (χ0v) is 10.5. The van der Waals surface area contributed by atoms with E-state index >= 15 is 0 Å². The van der Waals surface area contributed by atoms with Crippen molar-refractivity contribution in [2.45, 2.75) is 13.0 Å². The van der Waals surface area contributed by atoms with E-state index in [1.54, 1.807) is 0 Å². The minimum atomic E-state index is -0.552. The van der Waals surface area contributed by atoms with Gasteiger partial charge in [-0.15, -0.1) is 0 Å². The van der Waals surface area contributed by atoms with Crippen molar-refractivity contribution in [3.63, 3.8) is 0 Å². The quantitative estimate of drug-likeness (QED) is 0.764. The normalized spacial score (nSPS) is 19.7. The van der Waals surface area contributed by atoms with Crippen molar-refractivity contribution in [3.8, 4) is 0 Å². The first-order chi connectivity index (χ1) is 8.61. The molecule has 1 saturated heterocycles. The van der Waals surface area contributed by atoms with E-state index in [2.05, 4.69) is 9.72 Å². The molecule has 2 heterocycles. The molecule has 1 aromatic rings. The van der Waals surface area contributed by atoms with E-state index in [0.717, 1.165) is 11.5 Å². The van der Waals surface area contributed by atoms with Gasteiger partial charge in [0.1, 0.15) is 5.82 Å². The van der Waals surface area contributed by atoms with Crippen LogP contribution in [0.1, 0.15) is 5.69 Å². The Labute approximate surface area is 106 Å². The van der Waals surface area contributed by atoms with E-state index in [9.17, 15) is 4.79 Å². The molecule has 0 aromatic carbocycles. The molecule has 1 aromatic heterocycles. The number of nitrogen functional groups attached to an aromatic ring is 1. The Kier molecular flexibility index (Phi) is 3.66. The number of rotatable bonds is 2. The Morgan fingerprint density at radius 2 is 2.39 bits per heavy atom. The molecular weight excluding hydrogens is 234 g/mol. The summed E-state index contributed by atoms with van der Waals surface area (Å²) in [5.41, 5.74) is 7.18. The number of esters is 1. The molecule has 0 bridgehead atoms. The fraction of sp³-hybridized carbons (Fsp3) is 0.500. The number of carbonyl (C=O) groups excluding carboxylic acids is 1. The van der Waals surface area contributed by atoms with Crippen LogP contribution in [0.4, 0.5) is 11.5 Å². The Morgan fingerprint density at radius 1 is 1.61 bits per heavy atom. The number of hydrogen-bond donors (Lipinski definition) is 1. The number of ether oxygens (including phenoxy) is 2. The van der Waals surface area contributed by atoms with Crippen LogP contribution in [-0.4, -0.2) is 43.9 Å². The molecule has 0 saturated carbocycles. The number of carbonyl (C=O) groups is 1. The molecule has 6 nitrogen and oxygen atoms in total. The van der Waals surface area contributed by atoms with Gasteiger partial charge >= 0.3 is 5.97 Å². The molecule has 1 aliphatic heterocycles. The molecule has 98 valence electrons. The molecule has 1 fully saturated rings. The smallest absolute Gasteiger partial charge is 0.336 e. The van der Waals surface area contributed by atoms with Crippen molar-refractivity contribution < 1.29 is 14.3 Å². The topological polar surface area (TPSA) is 77.7 Å². The first-order valence-corrected chi connectivity index (χ1v) is 5.79. The van der Waals surface area contributed by atoms with Crippen molar-refractivity contribution in [2.75, 3.05) is 37.4 Å². The van der Waals surface area contributed by atoms with Gasteiger partial charge < -0.3 is 20.1 Å². The third-order valence-electron chi connectivity index (χ3n) is 2.97. The Morgan fingerprint density at radius 3 is 3.06 bits per heavy atom. The highest BCUT2D eigenvalue weighted by atomic mass is 16.6. The summed E-state index contributed by atoms with van der Waals surface area (Å²) in [7, 11) is 1.36. The van der Waals surface area contributed by atoms with Gasteiger partial charge in [-0.3, -0.25) is 0 Å². The fourth-order valence-electron chi connectivity index (χ4n) is 1.87. The third-order valence-corrected chi connectivity index (χ3v) is 2.97. The molecule has 18 heavy (non-hydrogen) atoms. The molecule has 6 heteroatoms. The van der Waals surface area contributed by atoms with E-state index in [0.29, 0.717) is 25.4 Å². The van der Waals surface area contributed by atoms with E-state index in [-0.39, 0.29) is 5.97 Å². The standard InChI is InChI=1S/C12H17N3O3/c1-8-9(13)3-4-11(14-8)15-5-6-18-10(7-15)12(16)17-2/h3-4,10H,5-7,13H2,1-2H3. The van der Waals surface area contributed by atoms with E-state index in [1.165, 1.54) is 7.11 Å². The molecule has 2 N–H and O–H groups in total. The lowest BCUT2D eigenvalue weighted by Crippen LogP contribution is -2.46. The predicted octanol–water partition coefficient (Wildman–Crippen LogP) is 0.350. The SMILES string of the molecule is COC(=O)C1CN(c2ccc(N)c(C)n2)CCO1. The highest BCUT2D eigenvalue weighted by Crippen LogP contribution is 2.19. The number of aromatic nitrogens is 1. The van der Waals surface area contributed by atoms with Gasteiger partial charge in [-0.1, -0.05) is 0 Å². The number of hydrogen-bond acceptors (Lipinski definition) is 6. The van der Waals surface area contributed by atoms with Crippen molar-refractivity contribution in [2.24, 2.45) is 0 Å². The zero-order chi connectivity index (χ0) is 13.1. The number of pyridine rings is 1. The van der Waals surface area contributed by atoms with Gasteiger partial charge in [0.25, 0.3) is 0 Å². The molecule has 2 rings (SSSR count). The lowest BCUT2D eigenvalue weighted by molar-refractivity contribution is -0.154. The maximum Gasteiger partial charge on any atom is 0.336 e. The summed E-state index contributed by atoms with van der Waals surface area (Å²) < 4.78 is 10.1. The number of anilines is 2. The van der Waals surface area contributed by atoms with E-state index in [4.69, 9.17) is 10.5 Å². The lowest BCUT2D eigenvalue weighted by atomic mass is 10.2. The average molecular weight is 251 g/mol. The number of nitrogens with two attached hydrogens (primary N) is 1. The minimum absolute atomic E-state index is 0.355.